The zero-order chi connectivity index (χ0) is 21.3. The molecule has 6 nitrogen and oxygen atoms in total. The lowest BCUT2D eigenvalue weighted by Crippen LogP contribution is -2.14. The Morgan fingerprint density at radius 2 is 1.11 bits per heavy atom. The summed E-state index contributed by atoms with van der Waals surface area (Å²) in [5.74, 6) is 0. The van der Waals surface area contributed by atoms with Crippen molar-refractivity contribution in [2.45, 2.75) is 22.1 Å². The Kier molecular flexibility index (Phi) is 6.62. The smallest absolute Gasteiger partial charge is 0.416 e. The van der Waals surface area contributed by atoms with Gasteiger partial charge in [0.2, 0.25) is 0 Å². The molecule has 0 saturated heterocycles. The number of hydrogen-bond acceptors (Lipinski definition) is 8. The Morgan fingerprint density at radius 3 is 1.46 bits per heavy atom. The van der Waals surface area contributed by atoms with Crippen molar-refractivity contribution in [2.75, 3.05) is 10.5 Å². The van der Waals surface area contributed by atoms with E-state index >= 15 is 0 Å². The SMILES string of the molecule is [O-]N([O-])c1cc(C(F)(F)F)ccc1SSc1ccc(C(F)(F)F)cc1N(O)O. The van der Waals surface area contributed by atoms with Gasteiger partial charge in [0, 0.05) is 15.5 Å². The molecule has 0 fully saturated rings. The number of rotatable bonds is 5. The van der Waals surface area contributed by atoms with Crippen molar-refractivity contribution < 1.29 is 36.8 Å². The van der Waals surface area contributed by atoms with Crippen molar-refractivity contribution in [3.8, 4) is 0 Å². The molecule has 0 aliphatic carbocycles. The number of nitrogens with zero attached hydrogens (tertiary/aromatic N) is 2. The number of anilines is 2. The third-order valence-corrected chi connectivity index (χ3v) is 5.67. The minimum absolute atomic E-state index is 0.128. The lowest BCUT2D eigenvalue weighted by Gasteiger charge is -2.39. The van der Waals surface area contributed by atoms with Gasteiger partial charge in [0.25, 0.3) is 0 Å². The Morgan fingerprint density at radius 1 is 0.714 bits per heavy atom. The van der Waals surface area contributed by atoms with E-state index < -0.39 is 45.3 Å². The fourth-order valence-electron chi connectivity index (χ4n) is 1.92. The van der Waals surface area contributed by atoms with E-state index in [2.05, 4.69) is 0 Å². The average molecular weight is 446 g/mol. The van der Waals surface area contributed by atoms with E-state index in [1.165, 1.54) is 0 Å². The van der Waals surface area contributed by atoms with Crippen LogP contribution >= 0.6 is 21.6 Å². The van der Waals surface area contributed by atoms with Crippen molar-refractivity contribution in [2.24, 2.45) is 0 Å². The first-order valence-corrected chi connectivity index (χ1v) is 9.05. The van der Waals surface area contributed by atoms with Crippen molar-refractivity contribution in [3.63, 3.8) is 0 Å². The summed E-state index contributed by atoms with van der Waals surface area (Å²) in [4.78, 5) is -0.339. The molecule has 0 spiro atoms. The van der Waals surface area contributed by atoms with Crippen LogP contribution in [-0.2, 0) is 12.4 Å². The molecular formula is C14H8F6N2O4S2-2. The largest absolute Gasteiger partial charge is 0.769 e. The quantitative estimate of drug-likeness (QED) is 0.333. The second-order valence-corrected chi connectivity index (χ2v) is 7.29. The number of alkyl halides is 6. The standard InChI is InChI=1S/C14H8F6N2O4S2/c15-13(16,17)7-1-3-11(9(5-7)21(23)24)27-28-12-4-2-8(14(18,19)20)6-10(12)22(25)26/h1-6,23-24H/q-2. The van der Waals surface area contributed by atoms with Gasteiger partial charge in [-0.15, -0.1) is 5.23 Å². The van der Waals surface area contributed by atoms with Crippen molar-refractivity contribution in [1.29, 1.82) is 0 Å². The highest BCUT2D eigenvalue weighted by Gasteiger charge is 2.32. The highest BCUT2D eigenvalue weighted by Crippen LogP contribution is 2.47. The van der Waals surface area contributed by atoms with Crippen LogP contribution in [0.1, 0.15) is 11.1 Å². The van der Waals surface area contributed by atoms with Crippen molar-refractivity contribution in [3.05, 3.63) is 57.9 Å². The molecule has 0 unspecified atom stereocenters. The van der Waals surface area contributed by atoms with Crippen LogP contribution in [0.25, 0.3) is 0 Å². The lowest BCUT2D eigenvalue weighted by atomic mass is 10.2. The number of halogens is 6. The molecule has 0 heterocycles. The van der Waals surface area contributed by atoms with E-state index in [1.807, 2.05) is 0 Å². The van der Waals surface area contributed by atoms with Crippen molar-refractivity contribution in [1.82, 2.24) is 0 Å². The van der Waals surface area contributed by atoms with Crippen molar-refractivity contribution >= 4 is 33.0 Å². The van der Waals surface area contributed by atoms with Crippen LogP contribution < -0.4 is 10.5 Å². The van der Waals surface area contributed by atoms with Gasteiger partial charge < -0.3 is 15.6 Å². The van der Waals surface area contributed by atoms with Crippen LogP contribution in [0.2, 0.25) is 0 Å². The molecule has 2 aromatic carbocycles. The summed E-state index contributed by atoms with van der Waals surface area (Å²) >= 11 is 0. The fraction of sp³-hybridized carbons (Fsp3) is 0.143. The Balaban J connectivity index is 2.33. The third-order valence-electron chi connectivity index (χ3n) is 3.21. The summed E-state index contributed by atoms with van der Waals surface area (Å²) < 4.78 is 76.3. The summed E-state index contributed by atoms with van der Waals surface area (Å²) in [5.41, 5.74) is -3.93. The van der Waals surface area contributed by atoms with Crippen LogP contribution in [0.15, 0.2) is 46.2 Å². The van der Waals surface area contributed by atoms with E-state index in [9.17, 15) is 36.8 Å². The van der Waals surface area contributed by atoms with E-state index in [1.54, 1.807) is 0 Å². The molecule has 0 aliphatic rings. The van der Waals surface area contributed by atoms with E-state index in [0.29, 0.717) is 45.9 Å². The maximum atomic E-state index is 12.7. The molecule has 0 amide bonds. The monoisotopic (exact) mass is 446 g/mol. The molecule has 2 rings (SSSR count). The second-order valence-electron chi connectivity index (χ2n) is 5.07. The summed E-state index contributed by atoms with van der Waals surface area (Å²) in [6, 6.07) is 3.78. The molecule has 0 bridgehead atoms. The summed E-state index contributed by atoms with van der Waals surface area (Å²) in [7, 11) is 1.16. The fourth-order valence-corrected chi connectivity index (χ4v) is 4.17. The Hall–Kier alpha value is -1.84. The molecule has 0 saturated carbocycles. The minimum Gasteiger partial charge on any atom is -0.769 e. The van der Waals surface area contributed by atoms with Gasteiger partial charge in [-0.05, 0) is 36.4 Å². The summed E-state index contributed by atoms with van der Waals surface area (Å²) in [6.07, 6.45) is -9.55. The highest BCUT2D eigenvalue weighted by molar-refractivity contribution is 8.76. The predicted octanol–water partition coefficient (Wildman–Crippen LogP) is 5.91. The molecule has 28 heavy (non-hydrogen) atoms. The van der Waals surface area contributed by atoms with Gasteiger partial charge in [-0.25, -0.2) is 0 Å². The molecule has 14 heteroatoms. The molecule has 2 N–H and O–H groups in total. The predicted molar refractivity (Wildman–Crippen MR) is 89.9 cm³/mol. The third kappa shape index (κ3) is 5.36. The average Bonchev–Trinajstić information content (AvgIpc) is 2.57. The van der Waals surface area contributed by atoms with Crippen LogP contribution in [0, 0.1) is 10.4 Å². The molecule has 0 aliphatic heterocycles. The molecule has 0 atom stereocenters. The van der Waals surface area contributed by atoms with Gasteiger partial charge in [-0.3, -0.25) is 10.4 Å². The van der Waals surface area contributed by atoms with Gasteiger partial charge in [-0.2, -0.15) is 26.3 Å². The van der Waals surface area contributed by atoms with Crippen LogP contribution in [0.3, 0.4) is 0 Å². The minimum atomic E-state index is -4.80. The van der Waals surface area contributed by atoms with Gasteiger partial charge in [0.1, 0.15) is 5.69 Å². The highest BCUT2D eigenvalue weighted by atomic mass is 33.1. The molecule has 154 valence electrons. The van der Waals surface area contributed by atoms with Crippen LogP contribution in [-0.4, -0.2) is 10.4 Å². The summed E-state index contributed by atoms with van der Waals surface area (Å²) in [6.45, 7) is 0. The summed E-state index contributed by atoms with van der Waals surface area (Å²) in [5, 5.41) is 38.8. The normalized spacial score (nSPS) is 12.2. The molecular weight excluding hydrogens is 438 g/mol. The number of hydrogen-bond donors (Lipinski definition) is 2. The Labute approximate surface area is 160 Å². The van der Waals surface area contributed by atoms with Gasteiger partial charge in [0.15, 0.2) is 0 Å². The first-order valence-electron chi connectivity index (χ1n) is 6.90. The second kappa shape index (κ2) is 8.26. The van der Waals surface area contributed by atoms with Crippen LogP contribution in [0.5, 0.6) is 0 Å². The zero-order valence-corrected chi connectivity index (χ0v) is 14.8. The molecule has 0 aromatic heterocycles. The topological polar surface area (TPSA) is 93.1 Å². The maximum Gasteiger partial charge on any atom is 0.416 e. The van der Waals surface area contributed by atoms with Gasteiger partial charge in [0.05, 0.1) is 11.1 Å². The maximum absolute atomic E-state index is 12.7. The van der Waals surface area contributed by atoms with Gasteiger partial charge in [-0.1, -0.05) is 21.6 Å². The molecule has 2 aromatic rings. The number of benzene rings is 2. The van der Waals surface area contributed by atoms with Crippen LogP contribution in [0.4, 0.5) is 37.7 Å². The van der Waals surface area contributed by atoms with E-state index in [0.717, 1.165) is 12.1 Å². The first kappa shape index (κ1) is 22.4. The zero-order valence-electron chi connectivity index (χ0n) is 13.2. The molecule has 0 radical (unpaired) electrons. The Bertz CT molecular complexity index is 776. The first-order chi connectivity index (χ1) is 12.8. The van der Waals surface area contributed by atoms with Gasteiger partial charge >= 0.3 is 12.4 Å². The lowest BCUT2D eigenvalue weighted by molar-refractivity contribution is -0.138. The van der Waals surface area contributed by atoms with E-state index in [-0.39, 0.29) is 9.79 Å². The van der Waals surface area contributed by atoms with E-state index in [4.69, 9.17) is 10.4 Å².